The van der Waals surface area contributed by atoms with E-state index < -0.39 is 0 Å². The van der Waals surface area contributed by atoms with E-state index in [-0.39, 0.29) is 25.8 Å². The molecule has 0 rings (SSSR count). The van der Waals surface area contributed by atoms with Crippen molar-refractivity contribution in [1.82, 2.24) is 0 Å². The van der Waals surface area contributed by atoms with Crippen molar-refractivity contribution in [3.05, 3.63) is 0 Å². The van der Waals surface area contributed by atoms with Gasteiger partial charge in [0.15, 0.2) is 0 Å². The van der Waals surface area contributed by atoms with Gasteiger partial charge in [-0.2, -0.15) is 0 Å². The summed E-state index contributed by atoms with van der Waals surface area (Å²) >= 11 is 0. The van der Waals surface area contributed by atoms with Gasteiger partial charge in [-0.3, -0.25) is 0 Å². The molecule has 0 aromatic carbocycles. The van der Waals surface area contributed by atoms with Gasteiger partial charge >= 0.3 is 5.97 Å². The normalized spacial score (nSPS) is 9.64. The molecule has 66 valence electrons. The summed E-state index contributed by atoms with van der Waals surface area (Å²) in [4.78, 5) is 10.6. The molecule has 0 unspecified atom stereocenters. The number of carbonyl (C=O) groups excluding carboxylic acids is 1. The molecule has 0 radical (unpaired) electrons. The van der Waals surface area contributed by atoms with E-state index in [4.69, 9.17) is 14.6 Å². The maximum Gasteiger partial charge on any atom is 0.332 e. The molecule has 0 heterocycles. The van der Waals surface area contributed by atoms with Gasteiger partial charge in [0, 0.05) is 0 Å². The van der Waals surface area contributed by atoms with Crippen LogP contribution < -0.4 is 0 Å². The van der Waals surface area contributed by atoms with Crippen molar-refractivity contribution >= 4 is 5.97 Å². The molecule has 4 heteroatoms. The van der Waals surface area contributed by atoms with Gasteiger partial charge in [-0.1, -0.05) is 6.92 Å². The van der Waals surface area contributed by atoms with Crippen molar-refractivity contribution in [3.63, 3.8) is 0 Å². The van der Waals surface area contributed by atoms with Crippen molar-refractivity contribution < 1.29 is 19.4 Å². The lowest BCUT2D eigenvalue weighted by molar-refractivity contribution is -0.149. The summed E-state index contributed by atoms with van der Waals surface area (Å²) in [6.45, 7) is 2.39. The van der Waals surface area contributed by atoms with Crippen LogP contribution in [-0.4, -0.2) is 37.5 Å². The molecule has 11 heavy (non-hydrogen) atoms. The van der Waals surface area contributed by atoms with Gasteiger partial charge in [-0.05, 0) is 6.42 Å². The number of hydrogen-bond donors (Lipinski definition) is 1. The summed E-state index contributed by atoms with van der Waals surface area (Å²) < 4.78 is 9.41. The number of rotatable bonds is 6. The molecule has 0 amide bonds. The van der Waals surface area contributed by atoms with Crippen molar-refractivity contribution in [2.24, 2.45) is 0 Å². The van der Waals surface area contributed by atoms with E-state index in [0.717, 1.165) is 6.42 Å². The highest BCUT2D eigenvalue weighted by Crippen LogP contribution is 1.83. The molecule has 0 aliphatic heterocycles. The minimum atomic E-state index is -0.375. The van der Waals surface area contributed by atoms with Gasteiger partial charge in [-0.15, -0.1) is 0 Å². The van der Waals surface area contributed by atoms with Gasteiger partial charge in [0.1, 0.15) is 6.61 Å². The Bertz CT molecular complexity index is 103. The van der Waals surface area contributed by atoms with Gasteiger partial charge in [0.2, 0.25) is 0 Å². The molecule has 0 spiro atoms. The Kier molecular flexibility index (Phi) is 7.08. The van der Waals surface area contributed by atoms with Crippen molar-refractivity contribution in [2.75, 3.05) is 26.4 Å². The summed E-state index contributed by atoms with van der Waals surface area (Å²) in [6, 6.07) is 0. The van der Waals surface area contributed by atoms with Crippen LogP contribution in [0.1, 0.15) is 13.3 Å². The van der Waals surface area contributed by atoms with E-state index in [1.807, 2.05) is 6.92 Å². The largest absolute Gasteiger partial charge is 0.464 e. The maximum absolute atomic E-state index is 10.6. The Morgan fingerprint density at radius 1 is 1.45 bits per heavy atom. The highest BCUT2D eigenvalue weighted by molar-refractivity contribution is 5.70. The smallest absolute Gasteiger partial charge is 0.332 e. The Hall–Kier alpha value is -0.610. The standard InChI is InChI=1S/C7H14O4/c1-2-4-11-7(9)6-10-5-3-8/h8H,2-6H2,1H3. The van der Waals surface area contributed by atoms with E-state index >= 15 is 0 Å². The maximum atomic E-state index is 10.6. The first-order chi connectivity index (χ1) is 5.31. The minimum absolute atomic E-state index is 0.0684. The number of hydrogen-bond acceptors (Lipinski definition) is 4. The minimum Gasteiger partial charge on any atom is -0.464 e. The first-order valence-corrected chi connectivity index (χ1v) is 3.65. The molecule has 0 aromatic rings. The second-order valence-corrected chi connectivity index (χ2v) is 2.00. The fraction of sp³-hybridized carbons (Fsp3) is 0.857. The van der Waals surface area contributed by atoms with Crippen LogP contribution in [0, 0.1) is 0 Å². The van der Waals surface area contributed by atoms with Crippen LogP contribution in [-0.2, 0) is 14.3 Å². The Morgan fingerprint density at radius 3 is 2.73 bits per heavy atom. The average molecular weight is 162 g/mol. The van der Waals surface area contributed by atoms with Crippen molar-refractivity contribution in [3.8, 4) is 0 Å². The molecular formula is C7H14O4. The highest BCUT2D eigenvalue weighted by atomic mass is 16.6. The SMILES string of the molecule is CCCOC(=O)COCCO. The molecule has 0 aromatic heterocycles. The van der Waals surface area contributed by atoms with Crippen molar-refractivity contribution in [1.29, 1.82) is 0 Å². The summed E-state index contributed by atoms with van der Waals surface area (Å²) in [5.41, 5.74) is 0. The third-order valence-corrected chi connectivity index (χ3v) is 0.923. The molecule has 0 bridgehead atoms. The van der Waals surface area contributed by atoms with Crippen LogP contribution in [0.4, 0.5) is 0 Å². The molecule has 0 aliphatic carbocycles. The predicted molar refractivity (Wildman–Crippen MR) is 39.2 cm³/mol. The summed E-state index contributed by atoms with van der Waals surface area (Å²) in [5, 5.41) is 8.28. The van der Waals surface area contributed by atoms with Gasteiger partial charge in [0.05, 0.1) is 19.8 Å². The summed E-state index contributed by atoms with van der Waals surface area (Å²) in [6.07, 6.45) is 0.811. The zero-order valence-electron chi connectivity index (χ0n) is 6.71. The quantitative estimate of drug-likeness (QED) is 0.439. The predicted octanol–water partition coefficient (Wildman–Crippen LogP) is -0.0515. The van der Waals surface area contributed by atoms with Crippen molar-refractivity contribution in [2.45, 2.75) is 13.3 Å². The average Bonchev–Trinajstić information content (AvgIpc) is 2.01. The fourth-order valence-electron chi connectivity index (χ4n) is 0.478. The second-order valence-electron chi connectivity index (χ2n) is 2.00. The molecule has 0 saturated heterocycles. The van der Waals surface area contributed by atoms with E-state index in [1.54, 1.807) is 0 Å². The molecule has 0 fully saturated rings. The Morgan fingerprint density at radius 2 is 2.18 bits per heavy atom. The van der Waals surface area contributed by atoms with Crippen LogP contribution in [0.15, 0.2) is 0 Å². The van der Waals surface area contributed by atoms with Crippen LogP contribution in [0.2, 0.25) is 0 Å². The second kappa shape index (κ2) is 7.50. The van der Waals surface area contributed by atoms with Crippen LogP contribution in [0.25, 0.3) is 0 Å². The van der Waals surface area contributed by atoms with Gasteiger partial charge in [-0.25, -0.2) is 4.79 Å². The van der Waals surface area contributed by atoms with Crippen LogP contribution >= 0.6 is 0 Å². The third-order valence-electron chi connectivity index (χ3n) is 0.923. The number of carbonyl (C=O) groups is 1. The molecule has 4 nitrogen and oxygen atoms in total. The Balaban J connectivity index is 3.09. The first kappa shape index (κ1) is 10.4. The third kappa shape index (κ3) is 7.29. The zero-order chi connectivity index (χ0) is 8.53. The van der Waals surface area contributed by atoms with E-state index in [2.05, 4.69) is 0 Å². The lowest BCUT2D eigenvalue weighted by Crippen LogP contribution is -2.14. The number of ether oxygens (including phenoxy) is 2. The van der Waals surface area contributed by atoms with Crippen LogP contribution in [0.3, 0.4) is 0 Å². The van der Waals surface area contributed by atoms with E-state index in [0.29, 0.717) is 6.61 Å². The van der Waals surface area contributed by atoms with E-state index in [9.17, 15) is 4.79 Å². The zero-order valence-corrected chi connectivity index (χ0v) is 6.71. The number of aliphatic hydroxyl groups excluding tert-OH is 1. The van der Waals surface area contributed by atoms with Gasteiger partial charge in [0.25, 0.3) is 0 Å². The molecular weight excluding hydrogens is 148 g/mol. The van der Waals surface area contributed by atoms with E-state index in [1.165, 1.54) is 0 Å². The lowest BCUT2D eigenvalue weighted by Gasteiger charge is -2.02. The molecule has 0 aliphatic rings. The highest BCUT2D eigenvalue weighted by Gasteiger charge is 2.00. The summed E-state index contributed by atoms with van der Waals surface area (Å²) in [7, 11) is 0. The first-order valence-electron chi connectivity index (χ1n) is 3.65. The summed E-state index contributed by atoms with van der Waals surface area (Å²) in [5.74, 6) is -0.375. The Labute approximate surface area is 66.1 Å². The number of aliphatic hydroxyl groups is 1. The lowest BCUT2D eigenvalue weighted by atomic mass is 10.5. The van der Waals surface area contributed by atoms with Crippen LogP contribution in [0.5, 0.6) is 0 Å². The molecule has 0 atom stereocenters. The topological polar surface area (TPSA) is 55.8 Å². The fourth-order valence-corrected chi connectivity index (χ4v) is 0.478. The molecule has 0 saturated carbocycles. The molecule has 1 N–H and O–H groups in total. The van der Waals surface area contributed by atoms with Gasteiger partial charge < -0.3 is 14.6 Å². The number of esters is 1. The monoisotopic (exact) mass is 162 g/mol.